The summed E-state index contributed by atoms with van der Waals surface area (Å²) in [5.41, 5.74) is 1.90. The van der Waals surface area contributed by atoms with E-state index in [2.05, 4.69) is 6.07 Å². The average Bonchev–Trinajstić information content (AvgIpc) is 2.60. The first kappa shape index (κ1) is 16.2. The molecule has 0 saturated heterocycles. The molecule has 2 aromatic rings. The van der Waals surface area contributed by atoms with Gasteiger partial charge in [0.2, 0.25) is 0 Å². The van der Waals surface area contributed by atoms with E-state index in [4.69, 9.17) is 14.2 Å². The summed E-state index contributed by atoms with van der Waals surface area (Å²) >= 11 is 0. The van der Waals surface area contributed by atoms with Gasteiger partial charge >= 0.3 is 0 Å². The lowest BCUT2D eigenvalue weighted by molar-refractivity contribution is 0.355. The van der Waals surface area contributed by atoms with Crippen molar-refractivity contribution in [2.75, 3.05) is 21.3 Å². The molecule has 0 aliphatic heterocycles. The van der Waals surface area contributed by atoms with Crippen LogP contribution in [-0.2, 0) is 0 Å². The summed E-state index contributed by atoms with van der Waals surface area (Å²) in [6, 6.07) is 12.3. The number of hydrogen-bond acceptors (Lipinski definition) is 5. The molecule has 0 aliphatic rings. The third-order valence-electron chi connectivity index (χ3n) is 3.33. The normalized spacial score (nSPS) is 10.8. The van der Waals surface area contributed by atoms with Crippen LogP contribution in [0.5, 0.6) is 23.0 Å². The minimum absolute atomic E-state index is 0.0503. The molecule has 2 aromatic carbocycles. The minimum Gasteiger partial charge on any atom is -0.504 e. The van der Waals surface area contributed by atoms with Gasteiger partial charge in [-0.25, -0.2) is 0 Å². The first-order valence-electron chi connectivity index (χ1n) is 6.84. The van der Waals surface area contributed by atoms with Gasteiger partial charge in [-0.3, -0.25) is 0 Å². The number of phenols is 1. The van der Waals surface area contributed by atoms with Crippen molar-refractivity contribution in [2.24, 2.45) is 0 Å². The molecule has 0 radical (unpaired) electrons. The molecule has 0 bridgehead atoms. The summed E-state index contributed by atoms with van der Waals surface area (Å²) < 4.78 is 15.5. The lowest BCUT2D eigenvalue weighted by Crippen LogP contribution is -1.92. The SMILES string of the molecule is COc1cc(C=C(C#N)c2ccc(OC)c(OC)c2)ccc1O. The zero-order valence-corrected chi connectivity index (χ0v) is 13.2. The average molecular weight is 311 g/mol. The molecule has 2 rings (SSSR count). The van der Waals surface area contributed by atoms with Gasteiger partial charge in [0.05, 0.1) is 33.0 Å². The highest BCUT2D eigenvalue weighted by atomic mass is 16.5. The highest BCUT2D eigenvalue weighted by Gasteiger charge is 2.09. The van der Waals surface area contributed by atoms with Gasteiger partial charge in [-0.15, -0.1) is 0 Å². The summed E-state index contributed by atoms with van der Waals surface area (Å²) in [6.07, 6.45) is 1.71. The molecule has 0 aromatic heterocycles. The van der Waals surface area contributed by atoms with E-state index in [9.17, 15) is 10.4 Å². The van der Waals surface area contributed by atoms with Crippen LogP contribution >= 0.6 is 0 Å². The summed E-state index contributed by atoms with van der Waals surface area (Å²) in [5.74, 6) is 1.55. The molecule has 0 atom stereocenters. The fraction of sp³-hybridized carbons (Fsp3) is 0.167. The Morgan fingerprint density at radius 2 is 1.65 bits per heavy atom. The molecule has 0 heterocycles. The third-order valence-corrected chi connectivity index (χ3v) is 3.33. The molecular weight excluding hydrogens is 294 g/mol. The molecule has 118 valence electrons. The second-order valence-corrected chi connectivity index (χ2v) is 4.67. The molecule has 1 N–H and O–H groups in total. The van der Waals surface area contributed by atoms with Gasteiger partial charge in [-0.2, -0.15) is 5.26 Å². The van der Waals surface area contributed by atoms with E-state index >= 15 is 0 Å². The predicted octanol–water partition coefficient (Wildman–Crippen LogP) is 3.48. The maximum absolute atomic E-state index is 9.63. The van der Waals surface area contributed by atoms with Gasteiger partial charge in [0.1, 0.15) is 0 Å². The van der Waals surface area contributed by atoms with Crippen LogP contribution in [0.4, 0.5) is 0 Å². The van der Waals surface area contributed by atoms with E-state index in [0.717, 1.165) is 5.56 Å². The zero-order chi connectivity index (χ0) is 16.8. The number of allylic oxidation sites excluding steroid dienone is 1. The first-order chi connectivity index (χ1) is 11.1. The Labute approximate surface area is 135 Å². The van der Waals surface area contributed by atoms with Crippen LogP contribution in [0, 0.1) is 11.3 Å². The maximum Gasteiger partial charge on any atom is 0.161 e. The van der Waals surface area contributed by atoms with Gasteiger partial charge in [0, 0.05) is 0 Å². The lowest BCUT2D eigenvalue weighted by Gasteiger charge is -2.09. The maximum atomic E-state index is 9.63. The molecule has 0 fully saturated rings. The van der Waals surface area contributed by atoms with Gasteiger partial charge < -0.3 is 19.3 Å². The van der Waals surface area contributed by atoms with Crippen molar-refractivity contribution in [3.63, 3.8) is 0 Å². The topological polar surface area (TPSA) is 71.7 Å². The van der Waals surface area contributed by atoms with Crippen LogP contribution in [-0.4, -0.2) is 26.4 Å². The molecule has 5 nitrogen and oxygen atoms in total. The largest absolute Gasteiger partial charge is 0.504 e. The molecule has 5 heteroatoms. The van der Waals surface area contributed by atoms with Crippen LogP contribution in [0.15, 0.2) is 36.4 Å². The zero-order valence-electron chi connectivity index (χ0n) is 13.2. The van der Waals surface area contributed by atoms with Crippen LogP contribution in [0.1, 0.15) is 11.1 Å². The van der Waals surface area contributed by atoms with Crippen LogP contribution < -0.4 is 14.2 Å². The Balaban J connectivity index is 2.45. The Bertz CT molecular complexity index is 775. The van der Waals surface area contributed by atoms with Crippen molar-refractivity contribution < 1.29 is 19.3 Å². The van der Waals surface area contributed by atoms with Gasteiger partial charge in [0.15, 0.2) is 23.0 Å². The standard InChI is InChI=1S/C18H17NO4/c1-21-16-7-5-13(10-18(16)23-3)14(11-19)8-12-4-6-15(20)17(9-12)22-2/h4-10,20H,1-3H3. The second kappa shape index (κ2) is 7.23. The highest BCUT2D eigenvalue weighted by molar-refractivity contribution is 5.90. The smallest absolute Gasteiger partial charge is 0.161 e. The number of nitrogens with zero attached hydrogens (tertiary/aromatic N) is 1. The van der Waals surface area contributed by atoms with Gasteiger partial charge in [-0.05, 0) is 47.5 Å². The van der Waals surface area contributed by atoms with Crippen molar-refractivity contribution in [3.05, 3.63) is 47.5 Å². The Morgan fingerprint density at radius 1 is 0.957 bits per heavy atom. The van der Waals surface area contributed by atoms with Crippen LogP contribution in [0.3, 0.4) is 0 Å². The molecule has 0 aliphatic carbocycles. The van der Waals surface area contributed by atoms with Crippen molar-refractivity contribution >= 4 is 11.6 Å². The molecule has 23 heavy (non-hydrogen) atoms. The van der Waals surface area contributed by atoms with E-state index in [-0.39, 0.29) is 5.75 Å². The number of hydrogen-bond donors (Lipinski definition) is 1. The van der Waals surface area contributed by atoms with Crippen LogP contribution in [0.2, 0.25) is 0 Å². The third kappa shape index (κ3) is 3.55. The van der Waals surface area contributed by atoms with E-state index in [1.54, 1.807) is 50.6 Å². The Morgan fingerprint density at radius 3 is 2.26 bits per heavy atom. The number of methoxy groups -OCH3 is 3. The highest BCUT2D eigenvalue weighted by Crippen LogP contribution is 2.32. The first-order valence-corrected chi connectivity index (χ1v) is 6.84. The second-order valence-electron chi connectivity index (χ2n) is 4.67. The molecule has 0 unspecified atom stereocenters. The van der Waals surface area contributed by atoms with Crippen molar-refractivity contribution in [1.82, 2.24) is 0 Å². The van der Waals surface area contributed by atoms with Crippen molar-refractivity contribution in [2.45, 2.75) is 0 Å². The molecular formula is C18H17NO4. The minimum atomic E-state index is 0.0503. The molecule has 0 spiro atoms. The number of phenolic OH excluding ortho intramolecular Hbond substituents is 1. The summed E-state index contributed by atoms with van der Waals surface area (Å²) in [4.78, 5) is 0. The fourth-order valence-electron chi connectivity index (χ4n) is 2.13. The van der Waals surface area contributed by atoms with Crippen LogP contribution in [0.25, 0.3) is 11.6 Å². The summed E-state index contributed by atoms with van der Waals surface area (Å²) in [6.45, 7) is 0. The fourth-order valence-corrected chi connectivity index (χ4v) is 2.13. The molecule has 0 saturated carbocycles. The van der Waals surface area contributed by atoms with E-state index in [1.165, 1.54) is 13.2 Å². The van der Waals surface area contributed by atoms with E-state index in [0.29, 0.717) is 28.4 Å². The van der Waals surface area contributed by atoms with E-state index < -0.39 is 0 Å². The number of rotatable bonds is 5. The number of nitriles is 1. The van der Waals surface area contributed by atoms with E-state index in [1.807, 2.05) is 0 Å². The number of ether oxygens (including phenoxy) is 3. The lowest BCUT2D eigenvalue weighted by atomic mass is 10.0. The summed E-state index contributed by atoms with van der Waals surface area (Å²) in [7, 11) is 4.58. The number of benzene rings is 2. The van der Waals surface area contributed by atoms with Gasteiger partial charge in [-0.1, -0.05) is 6.07 Å². The Hall–Kier alpha value is -3.13. The predicted molar refractivity (Wildman–Crippen MR) is 87.7 cm³/mol. The van der Waals surface area contributed by atoms with Crippen molar-refractivity contribution in [1.29, 1.82) is 5.26 Å². The number of aromatic hydroxyl groups is 1. The monoisotopic (exact) mass is 311 g/mol. The van der Waals surface area contributed by atoms with Gasteiger partial charge in [0.25, 0.3) is 0 Å². The van der Waals surface area contributed by atoms with Crippen molar-refractivity contribution in [3.8, 4) is 29.1 Å². The Kier molecular flexibility index (Phi) is 5.11. The molecule has 0 amide bonds. The quantitative estimate of drug-likeness (QED) is 0.676. The summed E-state index contributed by atoms with van der Waals surface area (Å²) in [5, 5.41) is 19.1.